The van der Waals surface area contributed by atoms with Crippen molar-refractivity contribution in [2.24, 2.45) is 0 Å². The number of hydrogen-bond acceptors (Lipinski definition) is 7. The molecule has 0 spiro atoms. The summed E-state index contributed by atoms with van der Waals surface area (Å²) in [5.41, 5.74) is 8.17. The number of carbonyl (C=O) groups excluding carboxylic acids is 1. The molecule has 0 aliphatic heterocycles. The van der Waals surface area contributed by atoms with Crippen molar-refractivity contribution >= 4 is 23.5 Å². The summed E-state index contributed by atoms with van der Waals surface area (Å²) in [5.74, 6) is -0.934. The molecule has 268 valence electrons. The molecule has 6 aromatic rings. The highest BCUT2D eigenvalue weighted by molar-refractivity contribution is 6.00. The number of nitrogens with two attached hydrogens (primary N) is 1. The van der Waals surface area contributed by atoms with E-state index in [1.807, 2.05) is 44.3 Å². The molecule has 0 unspecified atom stereocenters. The van der Waals surface area contributed by atoms with E-state index >= 15 is 0 Å². The minimum atomic E-state index is -0.925. The Labute approximate surface area is 300 Å². The Bertz CT molecular complexity index is 2190. The Morgan fingerprint density at radius 3 is 1.63 bits per heavy atom. The zero-order valence-electron chi connectivity index (χ0n) is 28.0. The van der Waals surface area contributed by atoms with Gasteiger partial charge in [-0.2, -0.15) is 5.10 Å². The first-order valence-electron chi connectivity index (χ1n) is 16.3. The molecule has 13 heteroatoms. The number of nitrogens with one attached hydrogen (secondary N) is 1. The minimum absolute atomic E-state index is 0. The molecule has 0 radical (unpaired) electrons. The fraction of sp³-hybridized carbons (Fsp3) is 0.231. The van der Waals surface area contributed by atoms with Gasteiger partial charge in [0.05, 0.1) is 33.6 Å². The average Bonchev–Trinajstić information content (AvgIpc) is 4.02. The molecule has 4 heterocycles. The maximum absolute atomic E-state index is 14.1. The first kappa shape index (κ1) is 37.0. The van der Waals surface area contributed by atoms with E-state index in [9.17, 15) is 18.4 Å². The van der Waals surface area contributed by atoms with Gasteiger partial charge in [0.2, 0.25) is 5.91 Å². The van der Waals surface area contributed by atoms with Gasteiger partial charge in [0.25, 0.3) is 0 Å². The van der Waals surface area contributed by atoms with Crippen LogP contribution in [0.3, 0.4) is 0 Å². The number of amides is 1. The number of carboxylic acids is 1. The van der Waals surface area contributed by atoms with Crippen LogP contribution in [0.1, 0.15) is 55.6 Å². The standard InChI is InChI=1S/C19H17FN4O.C10H9FO2.C9H10N4.CH4/c1-13-16(7-4-11-21-13)24-12-8-17(23-24)22-18(25)19(9-10-19)14-5-2-3-6-15(14)20;11-8-4-2-1-3-7(8)10(5-6-10)9(12)13;1-7-8(3-2-5-11-7)13-6-4-9(10)12-13;/h2-8,11-12H,9-10H2,1H3,(H,22,23,25);1-4H,5-6H2,(H,12,13);2-6H,1H3,(H2,10,12);1H4. The van der Waals surface area contributed by atoms with Gasteiger partial charge in [-0.25, -0.2) is 18.1 Å². The van der Waals surface area contributed by atoms with E-state index in [2.05, 4.69) is 25.5 Å². The number of halogens is 2. The smallest absolute Gasteiger partial charge is 0.314 e. The Morgan fingerprint density at radius 1 is 0.712 bits per heavy atom. The van der Waals surface area contributed by atoms with Crippen molar-refractivity contribution in [3.8, 4) is 11.4 Å². The van der Waals surface area contributed by atoms with E-state index in [1.165, 1.54) is 12.1 Å². The molecule has 2 fully saturated rings. The van der Waals surface area contributed by atoms with Crippen LogP contribution in [0.5, 0.6) is 0 Å². The third-order valence-corrected chi connectivity index (χ3v) is 9.01. The number of rotatable bonds is 7. The van der Waals surface area contributed by atoms with Crippen LogP contribution in [0, 0.1) is 25.5 Å². The Hall–Kier alpha value is -6.24. The Kier molecular flexibility index (Phi) is 10.9. The monoisotopic (exact) mass is 706 g/mol. The van der Waals surface area contributed by atoms with Crippen LogP contribution >= 0.6 is 0 Å². The number of nitrogens with zero attached hydrogens (tertiary/aromatic N) is 6. The lowest BCUT2D eigenvalue weighted by molar-refractivity contribution is -0.140. The van der Waals surface area contributed by atoms with E-state index in [0.29, 0.717) is 48.4 Å². The van der Waals surface area contributed by atoms with Crippen LogP contribution in [0.15, 0.2) is 110 Å². The maximum atomic E-state index is 14.1. The quantitative estimate of drug-likeness (QED) is 0.159. The van der Waals surface area contributed by atoms with Gasteiger partial charge in [-0.15, -0.1) is 5.10 Å². The molecule has 0 atom stereocenters. The van der Waals surface area contributed by atoms with E-state index in [4.69, 9.17) is 10.8 Å². The first-order valence-corrected chi connectivity index (χ1v) is 16.3. The molecule has 2 saturated carbocycles. The zero-order chi connectivity index (χ0) is 36.2. The highest BCUT2D eigenvalue weighted by atomic mass is 19.1. The fourth-order valence-electron chi connectivity index (χ4n) is 5.83. The SMILES string of the molecule is C.Cc1ncccc1-n1ccc(N)n1.Cc1ncccc1-n1ccc(NC(=O)C2(c3ccccc3F)CC2)n1.O=C(O)C1(c2ccccc2F)CC1. The number of aliphatic carboxylic acids is 1. The summed E-state index contributed by atoms with van der Waals surface area (Å²) >= 11 is 0. The highest BCUT2D eigenvalue weighted by Crippen LogP contribution is 2.50. The lowest BCUT2D eigenvalue weighted by Gasteiger charge is -2.15. The summed E-state index contributed by atoms with van der Waals surface area (Å²) in [4.78, 5) is 32.0. The van der Waals surface area contributed by atoms with Gasteiger partial charge in [-0.05, 0) is 75.9 Å². The van der Waals surface area contributed by atoms with Crippen LogP contribution in [-0.2, 0) is 20.4 Å². The summed E-state index contributed by atoms with van der Waals surface area (Å²) in [6.07, 6.45) is 9.43. The van der Waals surface area contributed by atoms with Crippen molar-refractivity contribution in [1.29, 1.82) is 0 Å². The predicted octanol–water partition coefficient (Wildman–Crippen LogP) is 7.12. The third-order valence-electron chi connectivity index (χ3n) is 9.01. The molecule has 1 amide bonds. The second-order valence-electron chi connectivity index (χ2n) is 12.4. The summed E-state index contributed by atoms with van der Waals surface area (Å²) in [7, 11) is 0. The number of aryl methyl sites for hydroxylation is 2. The van der Waals surface area contributed by atoms with Gasteiger partial charge >= 0.3 is 5.97 Å². The average molecular weight is 707 g/mol. The van der Waals surface area contributed by atoms with Crippen molar-refractivity contribution in [2.45, 2.75) is 57.8 Å². The van der Waals surface area contributed by atoms with Crippen molar-refractivity contribution in [1.82, 2.24) is 29.5 Å². The molecule has 52 heavy (non-hydrogen) atoms. The van der Waals surface area contributed by atoms with Crippen molar-refractivity contribution < 1.29 is 23.5 Å². The van der Waals surface area contributed by atoms with Gasteiger partial charge < -0.3 is 16.2 Å². The highest BCUT2D eigenvalue weighted by Gasteiger charge is 2.53. The molecule has 2 aromatic carbocycles. The molecular formula is C39H40F2N8O3. The summed E-state index contributed by atoms with van der Waals surface area (Å²) in [5, 5.41) is 20.2. The molecule has 4 aromatic heterocycles. The van der Waals surface area contributed by atoms with Crippen LogP contribution in [0.2, 0.25) is 0 Å². The number of nitrogen functional groups attached to an aromatic ring is 1. The van der Waals surface area contributed by atoms with Gasteiger partial charge in [0.15, 0.2) is 5.82 Å². The van der Waals surface area contributed by atoms with Crippen molar-refractivity contribution in [3.05, 3.63) is 144 Å². The minimum Gasteiger partial charge on any atom is -0.481 e. The van der Waals surface area contributed by atoms with E-state index < -0.39 is 22.6 Å². The Balaban J connectivity index is 0.000000164. The van der Waals surface area contributed by atoms with Crippen molar-refractivity contribution in [3.63, 3.8) is 0 Å². The third kappa shape index (κ3) is 7.73. The lowest BCUT2D eigenvalue weighted by Crippen LogP contribution is -2.29. The zero-order valence-corrected chi connectivity index (χ0v) is 28.0. The number of pyridine rings is 2. The number of carbonyl (C=O) groups is 2. The molecular weight excluding hydrogens is 666 g/mol. The largest absolute Gasteiger partial charge is 0.481 e. The predicted molar refractivity (Wildman–Crippen MR) is 194 cm³/mol. The molecule has 4 N–H and O–H groups in total. The van der Waals surface area contributed by atoms with E-state index in [-0.39, 0.29) is 19.2 Å². The van der Waals surface area contributed by atoms with Gasteiger partial charge in [0.1, 0.15) is 17.5 Å². The Morgan fingerprint density at radius 2 is 1.19 bits per heavy atom. The number of anilines is 2. The second-order valence-corrected chi connectivity index (χ2v) is 12.4. The molecule has 2 aliphatic carbocycles. The summed E-state index contributed by atoms with van der Waals surface area (Å²) in [6.45, 7) is 3.83. The molecule has 0 bridgehead atoms. The second kappa shape index (κ2) is 15.3. The van der Waals surface area contributed by atoms with E-state index in [0.717, 1.165) is 22.8 Å². The number of hydrogen-bond donors (Lipinski definition) is 3. The normalized spacial score (nSPS) is 14.3. The first-order chi connectivity index (χ1) is 24.5. The number of aromatic nitrogens is 6. The summed E-state index contributed by atoms with van der Waals surface area (Å²) < 4.78 is 30.7. The maximum Gasteiger partial charge on any atom is 0.314 e. The molecule has 8 rings (SSSR count). The van der Waals surface area contributed by atoms with Crippen molar-refractivity contribution in [2.75, 3.05) is 11.1 Å². The van der Waals surface area contributed by atoms with Gasteiger partial charge in [-0.1, -0.05) is 43.8 Å². The van der Waals surface area contributed by atoms with Crippen LogP contribution < -0.4 is 11.1 Å². The molecule has 2 aliphatic rings. The lowest BCUT2D eigenvalue weighted by atomic mass is 9.94. The van der Waals surface area contributed by atoms with Gasteiger partial charge in [0, 0.05) is 48.0 Å². The van der Waals surface area contributed by atoms with Gasteiger partial charge in [-0.3, -0.25) is 19.6 Å². The van der Waals surface area contributed by atoms with Crippen LogP contribution in [-0.4, -0.2) is 46.5 Å². The summed E-state index contributed by atoms with van der Waals surface area (Å²) in [6, 6.07) is 23.6. The van der Waals surface area contributed by atoms with Crippen LogP contribution in [0.4, 0.5) is 20.4 Å². The fourth-order valence-corrected chi connectivity index (χ4v) is 5.83. The number of carboxylic acid groups (broad SMARTS) is 1. The molecule has 0 saturated heterocycles. The topological polar surface area (TPSA) is 154 Å². The number of benzene rings is 2. The van der Waals surface area contributed by atoms with E-state index in [1.54, 1.807) is 76.5 Å². The molecule has 11 nitrogen and oxygen atoms in total. The van der Waals surface area contributed by atoms with Crippen LogP contribution in [0.25, 0.3) is 11.4 Å².